The van der Waals surface area contributed by atoms with Crippen LogP contribution in [0.15, 0.2) is 42.5 Å². The Balaban J connectivity index is 1.26. The normalized spacial score (nSPS) is 18.0. The molecule has 2 aromatic rings. The molecular weight excluding hydrogens is 414 g/mol. The molecule has 7 nitrogen and oxygen atoms in total. The lowest BCUT2D eigenvalue weighted by Gasteiger charge is -2.36. The number of amides is 1. The van der Waals surface area contributed by atoms with Crippen LogP contribution in [0.3, 0.4) is 0 Å². The zero-order valence-corrected chi connectivity index (χ0v) is 19.5. The summed E-state index contributed by atoms with van der Waals surface area (Å²) in [5, 5.41) is 11.6. The van der Waals surface area contributed by atoms with Crippen LogP contribution in [0.25, 0.3) is 10.8 Å². The van der Waals surface area contributed by atoms with E-state index in [1.165, 1.54) is 16.3 Å². The van der Waals surface area contributed by atoms with E-state index in [0.717, 1.165) is 72.1 Å². The molecule has 0 saturated carbocycles. The maximum atomic E-state index is 13.0. The summed E-state index contributed by atoms with van der Waals surface area (Å²) < 4.78 is 5.42. The number of ether oxygens (including phenoxy) is 1. The first-order valence-corrected chi connectivity index (χ1v) is 12.1. The number of piperazine rings is 1. The Hall–Kier alpha value is -2.50. The molecule has 4 rings (SSSR count). The van der Waals surface area contributed by atoms with Gasteiger partial charge in [0.15, 0.2) is 0 Å². The standard InChI is InChI=1S/C26H35N5O2/c27-9-4-10-29(12-11-28-17-19-33-20-18-28)22-26(32)31-15-13-30(14-16-31)21-24-7-3-6-23-5-1-2-8-25(23)24/h1-3,5-8H,4,10-22H2. The summed E-state index contributed by atoms with van der Waals surface area (Å²) in [4.78, 5) is 22.0. The van der Waals surface area contributed by atoms with Crippen molar-refractivity contribution in [2.75, 3.05) is 78.7 Å². The molecule has 0 aliphatic carbocycles. The number of fused-ring (bicyclic) bond motifs is 1. The van der Waals surface area contributed by atoms with Gasteiger partial charge in [-0.3, -0.25) is 19.5 Å². The molecule has 0 atom stereocenters. The number of hydrogen-bond acceptors (Lipinski definition) is 6. The molecule has 2 aromatic carbocycles. The summed E-state index contributed by atoms with van der Waals surface area (Å²) in [6.45, 7) is 10.4. The van der Waals surface area contributed by atoms with E-state index >= 15 is 0 Å². The average Bonchev–Trinajstić information content (AvgIpc) is 2.87. The highest BCUT2D eigenvalue weighted by Crippen LogP contribution is 2.20. The van der Waals surface area contributed by atoms with Crippen molar-refractivity contribution < 1.29 is 9.53 Å². The van der Waals surface area contributed by atoms with E-state index in [0.29, 0.717) is 19.5 Å². The molecule has 0 aromatic heterocycles. The number of nitriles is 1. The molecule has 0 N–H and O–H groups in total. The molecule has 1 amide bonds. The molecule has 2 aliphatic rings. The van der Waals surface area contributed by atoms with Gasteiger partial charge in [0.25, 0.3) is 0 Å². The van der Waals surface area contributed by atoms with Gasteiger partial charge in [-0.25, -0.2) is 0 Å². The lowest BCUT2D eigenvalue weighted by Crippen LogP contribution is -2.51. The second-order valence-corrected chi connectivity index (χ2v) is 8.93. The molecule has 7 heteroatoms. The van der Waals surface area contributed by atoms with Crippen LogP contribution in [-0.4, -0.2) is 104 Å². The number of benzene rings is 2. The van der Waals surface area contributed by atoms with Gasteiger partial charge in [0, 0.05) is 71.9 Å². The third kappa shape index (κ3) is 6.75. The quantitative estimate of drug-likeness (QED) is 0.584. The Bertz CT molecular complexity index is 940. The van der Waals surface area contributed by atoms with E-state index in [1.54, 1.807) is 0 Å². The van der Waals surface area contributed by atoms with Gasteiger partial charge in [-0.15, -0.1) is 0 Å². The minimum absolute atomic E-state index is 0.180. The second kappa shape index (κ2) is 12.1. The maximum Gasteiger partial charge on any atom is 0.236 e. The number of carbonyl (C=O) groups is 1. The monoisotopic (exact) mass is 449 g/mol. The Kier molecular flexibility index (Phi) is 8.67. The maximum absolute atomic E-state index is 13.0. The first kappa shape index (κ1) is 23.7. The molecule has 2 aliphatic heterocycles. The molecule has 0 radical (unpaired) electrons. The summed E-state index contributed by atoms with van der Waals surface area (Å²) in [6.07, 6.45) is 0.454. The van der Waals surface area contributed by atoms with Gasteiger partial charge in [-0.05, 0) is 16.3 Å². The van der Waals surface area contributed by atoms with E-state index in [2.05, 4.69) is 63.2 Å². The van der Waals surface area contributed by atoms with Crippen LogP contribution in [0, 0.1) is 11.3 Å². The predicted octanol–water partition coefficient (Wildman–Crippen LogP) is 2.03. The minimum atomic E-state index is 0.180. The predicted molar refractivity (Wildman–Crippen MR) is 130 cm³/mol. The van der Waals surface area contributed by atoms with E-state index in [-0.39, 0.29) is 5.91 Å². The SMILES string of the molecule is N#CCCN(CCN1CCOCC1)CC(=O)N1CCN(Cc2cccc3ccccc23)CC1. The third-order valence-electron chi connectivity index (χ3n) is 6.73. The van der Waals surface area contributed by atoms with Crippen LogP contribution >= 0.6 is 0 Å². The van der Waals surface area contributed by atoms with Gasteiger partial charge < -0.3 is 9.64 Å². The largest absolute Gasteiger partial charge is 0.379 e. The highest BCUT2D eigenvalue weighted by Gasteiger charge is 2.23. The third-order valence-corrected chi connectivity index (χ3v) is 6.73. The fraction of sp³-hybridized carbons (Fsp3) is 0.538. The molecule has 2 fully saturated rings. The Morgan fingerprint density at radius 2 is 1.70 bits per heavy atom. The van der Waals surface area contributed by atoms with Gasteiger partial charge >= 0.3 is 0 Å². The van der Waals surface area contributed by atoms with Gasteiger partial charge in [-0.1, -0.05) is 42.5 Å². The van der Waals surface area contributed by atoms with Crippen molar-refractivity contribution in [2.24, 2.45) is 0 Å². The van der Waals surface area contributed by atoms with E-state index in [9.17, 15) is 4.79 Å². The van der Waals surface area contributed by atoms with Crippen LogP contribution in [0.2, 0.25) is 0 Å². The van der Waals surface area contributed by atoms with Gasteiger partial charge in [-0.2, -0.15) is 5.26 Å². The smallest absolute Gasteiger partial charge is 0.236 e. The van der Waals surface area contributed by atoms with Crippen molar-refractivity contribution in [2.45, 2.75) is 13.0 Å². The second-order valence-electron chi connectivity index (χ2n) is 8.93. The Morgan fingerprint density at radius 3 is 2.48 bits per heavy atom. The fourth-order valence-corrected chi connectivity index (χ4v) is 4.70. The number of morpholine rings is 1. The number of nitrogens with zero attached hydrogens (tertiary/aromatic N) is 5. The van der Waals surface area contributed by atoms with E-state index in [1.807, 2.05) is 4.90 Å². The number of rotatable bonds is 9. The number of carbonyl (C=O) groups excluding carboxylic acids is 1. The minimum Gasteiger partial charge on any atom is -0.379 e. The zero-order valence-electron chi connectivity index (χ0n) is 19.5. The highest BCUT2D eigenvalue weighted by atomic mass is 16.5. The van der Waals surface area contributed by atoms with Crippen molar-refractivity contribution in [1.82, 2.24) is 19.6 Å². The molecular formula is C26H35N5O2. The lowest BCUT2D eigenvalue weighted by atomic mass is 10.0. The van der Waals surface area contributed by atoms with Crippen molar-refractivity contribution in [3.05, 3.63) is 48.0 Å². The number of hydrogen-bond donors (Lipinski definition) is 0. The van der Waals surface area contributed by atoms with Crippen molar-refractivity contribution in [1.29, 1.82) is 5.26 Å². The van der Waals surface area contributed by atoms with Crippen LogP contribution < -0.4 is 0 Å². The molecule has 176 valence electrons. The van der Waals surface area contributed by atoms with Gasteiger partial charge in [0.1, 0.15) is 0 Å². The lowest BCUT2D eigenvalue weighted by molar-refractivity contribution is -0.134. The first-order valence-electron chi connectivity index (χ1n) is 12.1. The summed E-state index contributed by atoms with van der Waals surface area (Å²) >= 11 is 0. The van der Waals surface area contributed by atoms with Crippen LogP contribution in [0.5, 0.6) is 0 Å². The molecule has 2 saturated heterocycles. The van der Waals surface area contributed by atoms with E-state index in [4.69, 9.17) is 10.00 Å². The molecule has 0 spiro atoms. The van der Waals surface area contributed by atoms with Crippen LogP contribution in [0.1, 0.15) is 12.0 Å². The summed E-state index contributed by atoms with van der Waals surface area (Å²) in [5.74, 6) is 0.180. The first-order chi connectivity index (χ1) is 16.2. The average molecular weight is 450 g/mol. The molecule has 0 bridgehead atoms. The van der Waals surface area contributed by atoms with E-state index < -0.39 is 0 Å². The summed E-state index contributed by atoms with van der Waals surface area (Å²) in [5.41, 5.74) is 1.35. The topological polar surface area (TPSA) is 63.1 Å². The molecule has 33 heavy (non-hydrogen) atoms. The summed E-state index contributed by atoms with van der Waals surface area (Å²) in [6, 6.07) is 17.3. The molecule has 2 heterocycles. The highest BCUT2D eigenvalue weighted by molar-refractivity contribution is 5.85. The Labute approximate surface area is 197 Å². The summed E-state index contributed by atoms with van der Waals surface area (Å²) in [7, 11) is 0. The van der Waals surface area contributed by atoms with Gasteiger partial charge in [0.2, 0.25) is 5.91 Å². The van der Waals surface area contributed by atoms with Crippen LogP contribution in [-0.2, 0) is 16.1 Å². The van der Waals surface area contributed by atoms with Crippen molar-refractivity contribution >= 4 is 16.7 Å². The Morgan fingerprint density at radius 1 is 0.939 bits per heavy atom. The van der Waals surface area contributed by atoms with Crippen molar-refractivity contribution in [3.8, 4) is 6.07 Å². The molecule has 0 unspecified atom stereocenters. The fourth-order valence-electron chi connectivity index (χ4n) is 4.70. The van der Waals surface area contributed by atoms with Gasteiger partial charge in [0.05, 0.1) is 25.8 Å². The zero-order chi connectivity index (χ0) is 22.9. The van der Waals surface area contributed by atoms with Crippen LogP contribution in [0.4, 0.5) is 0 Å². The van der Waals surface area contributed by atoms with Crippen molar-refractivity contribution in [3.63, 3.8) is 0 Å².